The summed E-state index contributed by atoms with van der Waals surface area (Å²) in [5.74, 6) is 0. The third-order valence-corrected chi connectivity index (χ3v) is 4.07. The molecule has 0 atom stereocenters. The van der Waals surface area contributed by atoms with Crippen LogP contribution in [0.5, 0.6) is 0 Å². The largest absolute Gasteiger partial charge is 0.330 e. The van der Waals surface area contributed by atoms with Gasteiger partial charge in [0.15, 0.2) is 4.77 Å². The van der Waals surface area contributed by atoms with Gasteiger partial charge in [0.1, 0.15) is 0 Å². The number of hydrogen-bond acceptors (Lipinski definition) is 2. The molecule has 5 heteroatoms. The van der Waals surface area contributed by atoms with E-state index in [-0.39, 0.29) is 0 Å². The van der Waals surface area contributed by atoms with Gasteiger partial charge >= 0.3 is 0 Å². The predicted molar refractivity (Wildman–Crippen MR) is 88.8 cm³/mol. The third kappa shape index (κ3) is 1.95. The molecule has 0 aliphatic rings. The van der Waals surface area contributed by atoms with Crippen molar-refractivity contribution in [3.05, 3.63) is 64.7 Å². The second-order valence-electron chi connectivity index (χ2n) is 4.80. The van der Waals surface area contributed by atoms with Crippen molar-refractivity contribution in [2.45, 2.75) is 0 Å². The second kappa shape index (κ2) is 4.69. The Labute approximate surface area is 130 Å². The minimum atomic E-state index is 0.642. The number of nitrogens with one attached hydrogen (secondary N) is 1. The van der Waals surface area contributed by atoms with E-state index in [4.69, 9.17) is 23.8 Å². The molecule has 0 bridgehead atoms. The highest BCUT2D eigenvalue weighted by atomic mass is 35.5. The lowest BCUT2D eigenvalue weighted by Gasteiger charge is -2.08. The van der Waals surface area contributed by atoms with Gasteiger partial charge in [-0.1, -0.05) is 23.7 Å². The topological polar surface area (TPSA) is 33.6 Å². The van der Waals surface area contributed by atoms with Gasteiger partial charge in [0, 0.05) is 22.8 Å². The molecule has 1 N–H and O–H groups in total. The maximum Gasteiger partial charge on any atom is 0.182 e. The Morgan fingerprint density at radius 2 is 2.05 bits per heavy atom. The molecule has 0 saturated carbocycles. The number of halogens is 1. The third-order valence-electron chi connectivity index (χ3n) is 3.55. The summed E-state index contributed by atoms with van der Waals surface area (Å²) in [4.78, 5) is 7.44. The van der Waals surface area contributed by atoms with Crippen molar-refractivity contribution >= 4 is 45.6 Å². The van der Waals surface area contributed by atoms with Gasteiger partial charge in [-0.2, -0.15) is 0 Å². The van der Waals surface area contributed by atoms with Crippen molar-refractivity contribution in [1.29, 1.82) is 0 Å². The number of aromatic amines is 1. The highest BCUT2D eigenvalue weighted by molar-refractivity contribution is 7.71. The Hall–Kier alpha value is -2.17. The molecule has 4 aromatic rings. The summed E-state index contributed by atoms with van der Waals surface area (Å²) >= 11 is 11.6. The summed E-state index contributed by atoms with van der Waals surface area (Å²) in [6.07, 6.45) is 3.65. The minimum Gasteiger partial charge on any atom is -0.330 e. The molecular weight excluding hydrogens is 302 g/mol. The lowest BCUT2D eigenvalue weighted by molar-refractivity contribution is 1.07. The molecule has 0 amide bonds. The monoisotopic (exact) mass is 311 g/mol. The van der Waals surface area contributed by atoms with Gasteiger partial charge in [-0.25, -0.2) is 0 Å². The molecule has 21 heavy (non-hydrogen) atoms. The molecule has 0 unspecified atom stereocenters. The van der Waals surface area contributed by atoms with Crippen LogP contribution in [-0.4, -0.2) is 14.5 Å². The van der Waals surface area contributed by atoms with Crippen molar-refractivity contribution < 1.29 is 0 Å². The van der Waals surface area contributed by atoms with Gasteiger partial charge in [-0.15, -0.1) is 0 Å². The number of hydrogen-bond donors (Lipinski definition) is 1. The van der Waals surface area contributed by atoms with E-state index in [2.05, 4.69) is 16.0 Å². The first-order chi connectivity index (χ1) is 10.2. The van der Waals surface area contributed by atoms with Crippen molar-refractivity contribution in [2.75, 3.05) is 0 Å². The number of pyridine rings is 1. The SMILES string of the molecule is S=c1[nH]c2ccc(Cl)cc2n1-c1cccc2ccncc12. The predicted octanol–water partition coefficient (Wildman–Crippen LogP) is 4.89. The van der Waals surface area contributed by atoms with Crippen molar-refractivity contribution in [1.82, 2.24) is 14.5 Å². The zero-order valence-electron chi connectivity index (χ0n) is 10.9. The molecule has 0 radical (unpaired) electrons. The molecule has 0 fully saturated rings. The van der Waals surface area contributed by atoms with Crippen molar-refractivity contribution in [3.63, 3.8) is 0 Å². The Balaban J connectivity index is 2.16. The van der Waals surface area contributed by atoms with Gasteiger partial charge in [-0.05, 0) is 47.9 Å². The first-order valence-corrected chi connectivity index (χ1v) is 7.26. The first-order valence-electron chi connectivity index (χ1n) is 6.47. The standard InChI is InChI=1S/C16H10ClN3S/c17-11-4-5-13-15(8-11)20(16(21)19-13)14-3-1-2-10-6-7-18-9-12(10)14/h1-9H,(H,19,21). The van der Waals surface area contributed by atoms with Crippen LogP contribution in [0, 0.1) is 4.77 Å². The van der Waals surface area contributed by atoms with Gasteiger partial charge < -0.3 is 4.98 Å². The van der Waals surface area contributed by atoms with Crippen LogP contribution in [0.2, 0.25) is 5.02 Å². The van der Waals surface area contributed by atoms with Crippen LogP contribution in [0.3, 0.4) is 0 Å². The van der Waals surface area contributed by atoms with Crippen LogP contribution in [-0.2, 0) is 0 Å². The maximum atomic E-state index is 6.13. The first kappa shape index (κ1) is 12.6. The summed E-state index contributed by atoms with van der Waals surface area (Å²) < 4.78 is 2.64. The van der Waals surface area contributed by atoms with E-state index in [1.165, 1.54) is 0 Å². The molecule has 0 spiro atoms. The molecule has 4 rings (SSSR count). The molecule has 0 aliphatic carbocycles. The van der Waals surface area contributed by atoms with Crippen LogP contribution in [0.4, 0.5) is 0 Å². The fourth-order valence-corrected chi connectivity index (χ4v) is 3.08. The van der Waals surface area contributed by atoms with Crippen LogP contribution >= 0.6 is 23.8 Å². The Bertz CT molecular complexity index is 1030. The lowest BCUT2D eigenvalue weighted by atomic mass is 10.1. The Morgan fingerprint density at radius 1 is 1.14 bits per heavy atom. The fourth-order valence-electron chi connectivity index (χ4n) is 2.61. The van der Waals surface area contributed by atoms with Gasteiger partial charge in [0.2, 0.25) is 0 Å². The van der Waals surface area contributed by atoms with Crippen LogP contribution in [0.1, 0.15) is 0 Å². The molecule has 2 aromatic carbocycles. The van der Waals surface area contributed by atoms with E-state index in [0.29, 0.717) is 9.79 Å². The van der Waals surface area contributed by atoms with E-state index in [1.807, 2.05) is 47.2 Å². The summed E-state index contributed by atoms with van der Waals surface area (Å²) in [7, 11) is 0. The minimum absolute atomic E-state index is 0.642. The smallest absolute Gasteiger partial charge is 0.182 e. The lowest BCUT2D eigenvalue weighted by Crippen LogP contribution is -1.95. The average molecular weight is 312 g/mol. The number of rotatable bonds is 1. The number of aromatic nitrogens is 3. The molecule has 0 saturated heterocycles. The van der Waals surface area contributed by atoms with E-state index >= 15 is 0 Å². The summed E-state index contributed by atoms with van der Waals surface area (Å²) in [5.41, 5.74) is 2.92. The quantitative estimate of drug-likeness (QED) is 0.508. The van der Waals surface area contributed by atoms with E-state index in [0.717, 1.165) is 27.5 Å². The summed E-state index contributed by atoms with van der Waals surface area (Å²) in [5, 5.41) is 2.86. The summed E-state index contributed by atoms with van der Waals surface area (Å²) in [6.45, 7) is 0. The van der Waals surface area contributed by atoms with E-state index < -0.39 is 0 Å². The molecular formula is C16H10ClN3S. The maximum absolute atomic E-state index is 6.13. The zero-order chi connectivity index (χ0) is 14.4. The van der Waals surface area contributed by atoms with Crippen LogP contribution in [0.25, 0.3) is 27.5 Å². The fraction of sp³-hybridized carbons (Fsp3) is 0. The van der Waals surface area contributed by atoms with Gasteiger partial charge in [-0.3, -0.25) is 9.55 Å². The number of H-pyrrole nitrogens is 1. The molecule has 2 aromatic heterocycles. The second-order valence-corrected chi connectivity index (χ2v) is 5.62. The molecule has 102 valence electrons. The summed E-state index contributed by atoms with van der Waals surface area (Å²) in [6, 6.07) is 13.8. The highest BCUT2D eigenvalue weighted by Gasteiger charge is 2.10. The van der Waals surface area contributed by atoms with Crippen molar-refractivity contribution in [2.24, 2.45) is 0 Å². The molecule has 0 aliphatic heterocycles. The number of benzene rings is 2. The van der Waals surface area contributed by atoms with Gasteiger partial charge in [0.25, 0.3) is 0 Å². The van der Waals surface area contributed by atoms with Crippen molar-refractivity contribution in [3.8, 4) is 5.69 Å². The number of nitrogens with zero attached hydrogens (tertiary/aromatic N) is 2. The van der Waals surface area contributed by atoms with Crippen LogP contribution in [0.15, 0.2) is 54.9 Å². The number of imidazole rings is 1. The average Bonchev–Trinajstić information content (AvgIpc) is 2.82. The number of fused-ring (bicyclic) bond motifs is 2. The van der Waals surface area contributed by atoms with Crippen LogP contribution < -0.4 is 0 Å². The molecule has 2 heterocycles. The molecule has 3 nitrogen and oxygen atoms in total. The Morgan fingerprint density at radius 3 is 2.95 bits per heavy atom. The van der Waals surface area contributed by atoms with Gasteiger partial charge in [0.05, 0.1) is 16.7 Å². The Kier molecular flexibility index (Phi) is 2.80. The highest BCUT2D eigenvalue weighted by Crippen LogP contribution is 2.27. The van der Waals surface area contributed by atoms with E-state index in [1.54, 1.807) is 6.20 Å². The normalized spacial score (nSPS) is 11.3. The van der Waals surface area contributed by atoms with E-state index in [9.17, 15) is 0 Å². The zero-order valence-corrected chi connectivity index (χ0v) is 12.4.